The number of pyridine rings is 1. The number of nitrogens with zero attached hydrogens (tertiary/aromatic N) is 3. The lowest BCUT2D eigenvalue weighted by molar-refractivity contribution is -0.396. The van der Waals surface area contributed by atoms with Crippen LogP contribution < -0.4 is 10.2 Å². The van der Waals surface area contributed by atoms with Gasteiger partial charge in [-0.05, 0) is 19.1 Å². The van der Waals surface area contributed by atoms with Gasteiger partial charge in [-0.15, -0.1) is 0 Å². The van der Waals surface area contributed by atoms with Crippen LogP contribution in [0.4, 0.5) is 11.4 Å². The zero-order valence-corrected chi connectivity index (χ0v) is 13.8. The van der Waals surface area contributed by atoms with Crippen molar-refractivity contribution in [2.24, 2.45) is 0 Å². The van der Waals surface area contributed by atoms with Gasteiger partial charge < -0.3 is 10.2 Å². The average molecular weight is 307 g/mol. The van der Waals surface area contributed by atoms with Crippen molar-refractivity contribution < 1.29 is 4.58 Å². The SMILES string of the molecule is CC1CN(c2cccnc2-c2ccc3c(c2)[N+](C)=CC3)CCN1. The van der Waals surface area contributed by atoms with Crippen LogP contribution in [0.3, 0.4) is 0 Å². The first-order valence-electron chi connectivity index (χ1n) is 8.35. The van der Waals surface area contributed by atoms with Crippen LogP contribution in [0.5, 0.6) is 0 Å². The van der Waals surface area contributed by atoms with E-state index in [0.717, 1.165) is 31.7 Å². The van der Waals surface area contributed by atoms with Crippen molar-refractivity contribution in [1.29, 1.82) is 0 Å². The van der Waals surface area contributed by atoms with Crippen LogP contribution in [0.1, 0.15) is 12.5 Å². The molecule has 1 aromatic carbocycles. The summed E-state index contributed by atoms with van der Waals surface area (Å²) in [6.07, 6.45) is 5.15. The van der Waals surface area contributed by atoms with E-state index >= 15 is 0 Å². The van der Waals surface area contributed by atoms with E-state index < -0.39 is 0 Å². The van der Waals surface area contributed by atoms with E-state index in [0.29, 0.717) is 6.04 Å². The van der Waals surface area contributed by atoms with Crippen LogP contribution in [0.25, 0.3) is 11.3 Å². The summed E-state index contributed by atoms with van der Waals surface area (Å²) in [5.74, 6) is 0. The molecule has 0 bridgehead atoms. The fourth-order valence-electron chi connectivity index (χ4n) is 3.57. The van der Waals surface area contributed by atoms with Crippen LogP contribution in [-0.2, 0) is 6.42 Å². The van der Waals surface area contributed by atoms with Gasteiger partial charge in [0.15, 0.2) is 0 Å². The lowest BCUT2D eigenvalue weighted by atomic mass is 10.0. The standard InChI is InChI=1S/C19H23N4/c1-14-13-23(11-9-20-14)17-4-3-8-21-19(17)16-6-5-15-7-10-22(2)18(15)12-16/h3-6,8,10,12,14,20H,7,9,11,13H2,1-2H3/q+1. The van der Waals surface area contributed by atoms with E-state index in [4.69, 9.17) is 4.98 Å². The molecule has 0 saturated carbocycles. The van der Waals surface area contributed by atoms with E-state index in [9.17, 15) is 0 Å². The molecule has 2 aliphatic rings. The maximum absolute atomic E-state index is 4.71. The minimum Gasteiger partial charge on any atom is -0.367 e. The first-order chi connectivity index (χ1) is 11.2. The molecule has 4 nitrogen and oxygen atoms in total. The Kier molecular flexibility index (Phi) is 3.62. The predicted molar refractivity (Wildman–Crippen MR) is 95.0 cm³/mol. The van der Waals surface area contributed by atoms with Gasteiger partial charge in [0.05, 0.1) is 17.8 Å². The van der Waals surface area contributed by atoms with Crippen LogP contribution in [0.2, 0.25) is 0 Å². The Bertz CT molecular complexity index is 766. The third-order valence-electron chi connectivity index (χ3n) is 4.82. The normalized spacial score (nSPS) is 20.3. The Morgan fingerprint density at radius 3 is 3.09 bits per heavy atom. The van der Waals surface area contributed by atoms with Crippen molar-refractivity contribution in [3.05, 3.63) is 42.1 Å². The highest BCUT2D eigenvalue weighted by atomic mass is 15.2. The monoisotopic (exact) mass is 307 g/mol. The second-order valence-electron chi connectivity index (χ2n) is 6.51. The van der Waals surface area contributed by atoms with E-state index in [1.165, 1.54) is 22.5 Å². The summed E-state index contributed by atoms with van der Waals surface area (Å²) in [5.41, 5.74) is 6.22. The number of fused-ring (bicyclic) bond motifs is 1. The summed E-state index contributed by atoms with van der Waals surface area (Å²) in [5, 5.41) is 3.51. The molecule has 0 radical (unpaired) electrons. The third-order valence-corrected chi connectivity index (χ3v) is 4.82. The molecule has 2 aliphatic heterocycles. The van der Waals surface area contributed by atoms with Crippen molar-refractivity contribution >= 4 is 17.6 Å². The van der Waals surface area contributed by atoms with Gasteiger partial charge in [-0.2, -0.15) is 0 Å². The Labute approximate surface area is 137 Å². The quantitative estimate of drug-likeness (QED) is 0.865. The van der Waals surface area contributed by atoms with Crippen molar-refractivity contribution in [3.63, 3.8) is 0 Å². The number of anilines is 1. The van der Waals surface area contributed by atoms with Crippen LogP contribution in [0.15, 0.2) is 36.5 Å². The Hall–Kier alpha value is -2.20. The van der Waals surface area contributed by atoms with Crippen molar-refractivity contribution in [2.45, 2.75) is 19.4 Å². The van der Waals surface area contributed by atoms with Gasteiger partial charge in [-0.25, -0.2) is 4.58 Å². The van der Waals surface area contributed by atoms with Gasteiger partial charge in [-0.1, -0.05) is 12.1 Å². The fraction of sp³-hybridized carbons (Fsp3) is 0.368. The molecular formula is C19H23N4+. The van der Waals surface area contributed by atoms with Crippen molar-refractivity contribution in [1.82, 2.24) is 10.3 Å². The zero-order chi connectivity index (χ0) is 15.8. The van der Waals surface area contributed by atoms with Crippen LogP contribution >= 0.6 is 0 Å². The van der Waals surface area contributed by atoms with Gasteiger partial charge in [0.2, 0.25) is 5.69 Å². The van der Waals surface area contributed by atoms with Gasteiger partial charge in [-0.3, -0.25) is 4.98 Å². The molecule has 4 heteroatoms. The van der Waals surface area contributed by atoms with Crippen LogP contribution in [-0.4, -0.2) is 48.5 Å². The maximum atomic E-state index is 4.71. The predicted octanol–water partition coefficient (Wildman–Crippen LogP) is 2.45. The average Bonchev–Trinajstić information content (AvgIpc) is 2.95. The first-order valence-corrected chi connectivity index (χ1v) is 8.35. The maximum Gasteiger partial charge on any atom is 0.209 e. The van der Waals surface area contributed by atoms with E-state index in [1.54, 1.807) is 0 Å². The topological polar surface area (TPSA) is 31.2 Å². The number of benzene rings is 1. The number of aromatic nitrogens is 1. The van der Waals surface area contributed by atoms with Gasteiger partial charge in [0.1, 0.15) is 13.3 Å². The molecular weight excluding hydrogens is 284 g/mol. The van der Waals surface area contributed by atoms with Crippen LogP contribution in [0, 0.1) is 0 Å². The van der Waals surface area contributed by atoms with E-state index in [1.807, 2.05) is 12.3 Å². The molecule has 1 aromatic heterocycles. The summed E-state index contributed by atoms with van der Waals surface area (Å²) in [6, 6.07) is 11.5. The molecule has 2 aromatic rings. The van der Waals surface area contributed by atoms with Gasteiger partial charge >= 0.3 is 0 Å². The third kappa shape index (κ3) is 2.63. The number of hydrogen-bond acceptors (Lipinski definition) is 3. The molecule has 118 valence electrons. The molecule has 1 N–H and O–H groups in total. The molecule has 23 heavy (non-hydrogen) atoms. The lowest BCUT2D eigenvalue weighted by Gasteiger charge is -2.34. The van der Waals surface area contributed by atoms with Crippen molar-refractivity contribution in [3.8, 4) is 11.3 Å². The highest BCUT2D eigenvalue weighted by Crippen LogP contribution is 2.33. The fourth-order valence-corrected chi connectivity index (χ4v) is 3.57. The minimum atomic E-state index is 0.512. The molecule has 1 fully saturated rings. The summed E-state index contributed by atoms with van der Waals surface area (Å²) in [6.45, 7) is 5.32. The Balaban J connectivity index is 1.75. The number of nitrogens with one attached hydrogen (secondary N) is 1. The summed E-state index contributed by atoms with van der Waals surface area (Å²) >= 11 is 0. The number of hydrogen-bond donors (Lipinski definition) is 1. The second kappa shape index (κ2) is 5.78. The molecule has 1 unspecified atom stereocenters. The zero-order valence-electron chi connectivity index (χ0n) is 13.8. The Morgan fingerprint density at radius 1 is 1.30 bits per heavy atom. The number of piperazine rings is 1. The molecule has 1 atom stereocenters. The van der Waals surface area contributed by atoms with E-state index in [2.05, 4.69) is 59.2 Å². The molecule has 0 spiro atoms. The minimum absolute atomic E-state index is 0.512. The highest BCUT2D eigenvalue weighted by Gasteiger charge is 2.22. The first kappa shape index (κ1) is 14.4. The largest absolute Gasteiger partial charge is 0.367 e. The number of rotatable bonds is 2. The molecule has 0 amide bonds. The van der Waals surface area contributed by atoms with E-state index in [-0.39, 0.29) is 0 Å². The van der Waals surface area contributed by atoms with Crippen molar-refractivity contribution in [2.75, 3.05) is 31.6 Å². The summed E-state index contributed by atoms with van der Waals surface area (Å²) < 4.78 is 2.22. The highest BCUT2D eigenvalue weighted by molar-refractivity contribution is 5.79. The lowest BCUT2D eigenvalue weighted by Crippen LogP contribution is -2.49. The molecule has 0 aliphatic carbocycles. The second-order valence-corrected chi connectivity index (χ2v) is 6.51. The Morgan fingerprint density at radius 2 is 2.22 bits per heavy atom. The van der Waals surface area contributed by atoms with Gasteiger partial charge in [0, 0.05) is 49.1 Å². The molecule has 3 heterocycles. The smallest absolute Gasteiger partial charge is 0.209 e. The molecule has 1 saturated heterocycles. The van der Waals surface area contributed by atoms with Gasteiger partial charge in [0.25, 0.3) is 0 Å². The summed E-state index contributed by atoms with van der Waals surface area (Å²) in [7, 11) is 2.12. The molecule has 4 rings (SSSR count). The summed E-state index contributed by atoms with van der Waals surface area (Å²) in [4.78, 5) is 7.16.